The van der Waals surface area contributed by atoms with Gasteiger partial charge in [-0.2, -0.15) is 18.2 Å². The van der Waals surface area contributed by atoms with Crippen LogP contribution in [0.3, 0.4) is 0 Å². The van der Waals surface area contributed by atoms with E-state index in [4.69, 9.17) is 8.22 Å². The van der Waals surface area contributed by atoms with Gasteiger partial charge in [-0.1, -0.05) is 74.1 Å². The summed E-state index contributed by atoms with van der Waals surface area (Å²) < 4.78 is 133. The highest BCUT2D eigenvalue weighted by Gasteiger charge is 2.30. The minimum atomic E-state index is -4.54. The van der Waals surface area contributed by atoms with Crippen LogP contribution in [0.2, 0.25) is 0 Å². The Kier molecular flexibility index (Phi) is 8.10. The van der Waals surface area contributed by atoms with Crippen LogP contribution < -0.4 is 5.56 Å². The predicted octanol–water partition coefficient (Wildman–Crippen LogP) is 7.78. The monoisotopic (exact) mass is 689 g/mol. The van der Waals surface area contributed by atoms with Crippen molar-refractivity contribution in [2.75, 3.05) is 26.1 Å². The molecule has 1 unspecified atom stereocenters. The van der Waals surface area contributed by atoms with Gasteiger partial charge < -0.3 is 14.4 Å². The molecule has 5 rings (SSSR count). The van der Waals surface area contributed by atoms with Crippen molar-refractivity contribution in [3.05, 3.63) is 117 Å². The van der Waals surface area contributed by atoms with Gasteiger partial charge in [0.2, 0.25) is 5.91 Å². The van der Waals surface area contributed by atoms with Gasteiger partial charge in [0, 0.05) is 38.3 Å². The van der Waals surface area contributed by atoms with Crippen molar-refractivity contribution < 1.29 is 34.7 Å². The van der Waals surface area contributed by atoms with Gasteiger partial charge in [0.15, 0.2) is 5.16 Å². The van der Waals surface area contributed by atoms with Gasteiger partial charge in [0.05, 0.1) is 15.7 Å². The van der Waals surface area contributed by atoms with Gasteiger partial charge in [-0.3, -0.25) is 9.59 Å². The van der Waals surface area contributed by atoms with E-state index in [-0.39, 0.29) is 35.2 Å². The Morgan fingerprint density at radius 2 is 1.60 bits per heavy atom. The molecule has 0 saturated heterocycles. The summed E-state index contributed by atoms with van der Waals surface area (Å²) in [6.07, 6.45) is -3.82. The molecule has 0 fully saturated rings. The van der Waals surface area contributed by atoms with Crippen LogP contribution in [0, 0.1) is 5.82 Å². The number of aromatic nitrogens is 2. The van der Waals surface area contributed by atoms with E-state index in [0.717, 1.165) is 52.5 Å². The molecule has 3 aromatic carbocycles. The van der Waals surface area contributed by atoms with Crippen molar-refractivity contribution in [3.63, 3.8) is 0 Å². The number of hydrogen-bond donors (Lipinski definition) is 0. The van der Waals surface area contributed by atoms with Gasteiger partial charge in [-0.15, -0.1) is 0 Å². The zero-order valence-electron chi connectivity index (χ0n) is 35.5. The third-order valence-electron chi connectivity index (χ3n) is 8.00. The molecule has 0 aliphatic heterocycles. The van der Waals surface area contributed by atoms with Crippen molar-refractivity contribution >= 4 is 17.7 Å². The number of halogens is 4. The largest absolute Gasteiger partial charge is 0.416 e. The van der Waals surface area contributed by atoms with E-state index in [2.05, 4.69) is 4.98 Å². The summed E-state index contributed by atoms with van der Waals surface area (Å²) in [4.78, 5) is 33.7. The Morgan fingerprint density at radius 1 is 0.979 bits per heavy atom. The normalized spacial score (nSPS) is 18.1. The van der Waals surface area contributed by atoms with Gasteiger partial charge in [-0.25, -0.2) is 4.39 Å². The summed E-state index contributed by atoms with van der Waals surface area (Å²) in [5.74, 6) is -2.00. The maximum Gasteiger partial charge on any atom is 0.416 e. The number of fused-ring (bicyclic) bond motifs is 1. The van der Waals surface area contributed by atoms with E-state index in [1.54, 1.807) is 0 Å². The number of alkyl halides is 3. The first-order chi connectivity index (χ1) is 26.2. The number of nitrogens with zero attached hydrogens (tertiary/aromatic N) is 4. The molecule has 11 heteroatoms. The first-order valence-electron chi connectivity index (χ1n) is 19.6. The fourth-order valence-corrected chi connectivity index (χ4v) is 6.08. The highest BCUT2D eigenvalue weighted by molar-refractivity contribution is 7.98. The lowest BCUT2D eigenvalue weighted by atomic mass is 9.99. The molecule has 0 radical (unpaired) electrons. The number of carbonyl (C=O) groups is 1. The Morgan fingerprint density at radius 3 is 2.21 bits per heavy atom. The molecule has 254 valence electrons. The van der Waals surface area contributed by atoms with E-state index < -0.39 is 78.5 Å². The molecular formula is C37H40F4N4O2S. The number of rotatable bonds is 13. The zero-order valence-corrected chi connectivity index (χ0v) is 27.3. The van der Waals surface area contributed by atoms with Crippen molar-refractivity contribution in [1.29, 1.82) is 0 Å². The van der Waals surface area contributed by atoms with Crippen molar-refractivity contribution in [2.24, 2.45) is 0 Å². The highest BCUT2D eigenvalue weighted by atomic mass is 32.2. The molecule has 0 bridgehead atoms. The summed E-state index contributed by atoms with van der Waals surface area (Å²) in [7, 11) is 0. The van der Waals surface area contributed by atoms with E-state index in [0.29, 0.717) is 29.3 Å². The van der Waals surface area contributed by atoms with Gasteiger partial charge in [-0.05, 0) is 85.7 Å². The summed E-state index contributed by atoms with van der Waals surface area (Å²) in [5, 5.41) is -0.503. The van der Waals surface area contributed by atoms with Crippen LogP contribution in [-0.4, -0.2) is 51.3 Å². The van der Waals surface area contributed by atoms with Gasteiger partial charge in [0.1, 0.15) is 12.3 Å². The number of benzene rings is 3. The quantitative estimate of drug-likeness (QED) is 0.0816. The third kappa shape index (κ3) is 8.36. The number of hydrogen-bond acceptors (Lipinski definition) is 5. The molecule has 1 aromatic heterocycles. The van der Waals surface area contributed by atoms with E-state index in [1.807, 2.05) is 0 Å². The van der Waals surface area contributed by atoms with Crippen LogP contribution >= 0.6 is 11.8 Å². The molecule has 0 saturated carbocycles. The van der Waals surface area contributed by atoms with Crippen LogP contribution in [0.4, 0.5) is 17.6 Å². The molecule has 6 nitrogen and oxygen atoms in total. The minimum absolute atomic E-state index is 0.0371. The maximum atomic E-state index is 14.9. The topological polar surface area (TPSA) is 58.4 Å². The maximum absolute atomic E-state index is 14.9. The second-order valence-electron chi connectivity index (χ2n) is 10.9. The van der Waals surface area contributed by atoms with Crippen molar-refractivity contribution in [3.8, 4) is 11.1 Å². The summed E-state index contributed by atoms with van der Waals surface area (Å²) in [5.41, 5.74) is -2.82. The molecule has 1 aliphatic rings. The van der Waals surface area contributed by atoms with E-state index in [1.165, 1.54) is 55.5 Å². The highest BCUT2D eigenvalue weighted by Crippen LogP contribution is 2.32. The Labute approximate surface area is 295 Å². The molecule has 1 aliphatic carbocycles. The molecule has 1 heterocycles. The van der Waals surface area contributed by atoms with Gasteiger partial charge in [0.25, 0.3) is 5.56 Å². The minimum Gasteiger partial charge on any atom is -0.333 e. The molecule has 1 amide bonds. The molecule has 48 heavy (non-hydrogen) atoms. The summed E-state index contributed by atoms with van der Waals surface area (Å²) in [6.45, 7) is -5.39. The first-order valence-corrected chi connectivity index (χ1v) is 16.0. The number of amides is 1. The zero-order chi connectivity index (χ0) is 42.5. The first kappa shape index (κ1) is 25.1. The Bertz CT molecular complexity index is 2140. The molecule has 4 aromatic rings. The Balaban J connectivity index is 1.61. The fraction of sp³-hybridized carbons (Fsp3) is 0.378. The van der Waals surface area contributed by atoms with E-state index >= 15 is 0 Å². The number of thioether (sulfide) groups is 1. The second kappa shape index (κ2) is 15.5. The van der Waals surface area contributed by atoms with Crippen LogP contribution in [0.5, 0.6) is 0 Å². The van der Waals surface area contributed by atoms with E-state index in [9.17, 15) is 31.3 Å². The summed E-state index contributed by atoms with van der Waals surface area (Å²) in [6, 6.07) is 12.5. The molecular weight excluding hydrogens is 640 g/mol. The van der Waals surface area contributed by atoms with Gasteiger partial charge >= 0.3 is 6.18 Å². The smallest absolute Gasteiger partial charge is 0.333 e. The number of carbonyl (C=O) groups excluding carboxylic acids is 1. The predicted molar refractivity (Wildman–Crippen MR) is 181 cm³/mol. The SMILES string of the molecule is [2H]C([2H])(Sc1nc(=O)c2c(n1C([2H])([2H])C(=O)N(CCN(C([2H])([2H])C)C([2H])([2H])C)C([2H])(C)c1ccc(-c3ccc(C(F)(F)F)cc3)cc1)CCC2)c1ccc(F)cc1. The average molecular weight is 690 g/mol. The van der Waals surface area contributed by atoms with Crippen LogP contribution in [0.1, 0.15) is 73.5 Å². The standard InChI is InChI=1S/C37H40F4N4O2S/c1-4-43(5-2)21-22-44(25(3)27-11-13-28(14-12-27)29-15-17-30(18-16-29)37(39,40)41)34(46)23-45-33-8-6-7-32(33)35(47)42-36(45)48-24-26-9-19-31(38)20-10-26/h9-20,25H,4-8,21-24H2,1-3H3/i4D2,5D2,23D2,24D2,25D. The Hall–Kier alpha value is -3.96. The van der Waals surface area contributed by atoms with Crippen LogP contribution in [0.25, 0.3) is 11.1 Å². The van der Waals surface area contributed by atoms with Crippen LogP contribution in [0.15, 0.2) is 82.7 Å². The second-order valence-corrected chi connectivity index (χ2v) is 11.7. The van der Waals surface area contributed by atoms with Crippen molar-refractivity contribution in [2.45, 2.75) is 69.6 Å². The fourth-order valence-electron chi connectivity index (χ4n) is 5.36. The third-order valence-corrected chi connectivity index (χ3v) is 8.80. The number of likely N-dealkylation sites (N-methyl/N-ethyl adjacent to an activating group) is 1. The molecule has 1 atom stereocenters. The lowest BCUT2D eigenvalue weighted by molar-refractivity contribution is -0.137. The lowest BCUT2D eigenvalue weighted by Crippen LogP contribution is -2.42. The average Bonchev–Trinajstić information content (AvgIpc) is 3.58. The molecule has 0 N–H and O–H groups in total. The van der Waals surface area contributed by atoms with Crippen molar-refractivity contribution in [1.82, 2.24) is 19.4 Å². The molecule has 0 spiro atoms. The lowest BCUT2D eigenvalue weighted by Gasteiger charge is -2.33. The summed E-state index contributed by atoms with van der Waals surface area (Å²) >= 11 is 0.333. The van der Waals surface area contributed by atoms with Crippen LogP contribution in [-0.2, 0) is 36.0 Å².